The normalized spacial score (nSPS) is 13.2. The largest absolute Gasteiger partial charge is 0.497 e. The molecule has 0 aliphatic carbocycles. The van der Waals surface area contributed by atoms with E-state index < -0.39 is 0 Å². The molecule has 2 heterocycles. The zero-order valence-electron chi connectivity index (χ0n) is 20.2. The van der Waals surface area contributed by atoms with E-state index in [2.05, 4.69) is 21.6 Å². The summed E-state index contributed by atoms with van der Waals surface area (Å²) in [5.74, 6) is 1.24. The molecule has 2 N–H and O–H groups in total. The van der Waals surface area contributed by atoms with Gasteiger partial charge in [-0.25, -0.2) is 0 Å². The Morgan fingerprint density at radius 1 is 1.06 bits per heavy atom. The highest BCUT2D eigenvalue weighted by Gasteiger charge is 2.24. The Morgan fingerprint density at radius 3 is 2.64 bits per heavy atom. The number of pyridine rings is 1. The van der Waals surface area contributed by atoms with Crippen LogP contribution >= 0.6 is 11.6 Å². The van der Waals surface area contributed by atoms with Crippen LogP contribution in [0, 0.1) is 0 Å². The molecule has 0 bridgehead atoms. The van der Waals surface area contributed by atoms with Crippen LogP contribution in [0.1, 0.15) is 11.3 Å². The third-order valence-corrected chi connectivity index (χ3v) is 6.52. The van der Waals surface area contributed by atoms with Gasteiger partial charge in [0, 0.05) is 46.9 Å². The number of ether oxygens (including phenoxy) is 2. The number of carbonyl (C=O) groups excluding carboxylic acids is 1. The van der Waals surface area contributed by atoms with Crippen LogP contribution < -0.4 is 20.1 Å². The molecule has 184 valence electrons. The third kappa shape index (κ3) is 5.08. The van der Waals surface area contributed by atoms with Gasteiger partial charge in [0.15, 0.2) is 0 Å². The molecular weight excluding hydrogens is 476 g/mol. The summed E-state index contributed by atoms with van der Waals surface area (Å²) >= 11 is 6.12. The van der Waals surface area contributed by atoms with E-state index in [0.717, 1.165) is 52.3 Å². The Kier molecular flexibility index (Phi) is 6.93. The van der Waals surface area contributed by atoms with Crippen molar-refractivity contribution in [2.75, 3.05) is 37.9 Å². The number of nitrogens with zero attached hydrogens (tertiary/aromatic N) is 2. The molecule has 1 aliphatic heterocycles. The smallest absolute Gasteiger partial charge is 0.238 e. The van der Waals surface area contributed by atoms with Crippen molar-refractivity contribution in [1.82, 2.24) is 9.88 Å². The maximum atomic E-state index is 12.9. The average Bonchev–Trinajstić information content (AvgIpc) is 2.89. The molecule has 5 rings (SSSR count). The highest BCUT2D eigenvalue weighted by molar-refractivity contribution is 6.31. The second kappa shape index (κ2) is 10.4. The number of rotatable bonds is 7. The quantitative estimate of drug-likeness (QED) is 0.340. The molecule has 0 unspecified atom stereocenters. The first-order chi connectivity index (χ1) is 17.5. The van der Waals surface area contributed by atoms with Crippen molar-refractivity contribution in [2.24, 2.45) is 0 Å². The number of fused-ring (bicyclic) bond motifs is 2. The maximum Gasteiger partial charge on any atom is 0.238 e. The van der Waals surface area contributed by atoms with Crippen molar-refractivity contribution < 1.29 is 14.3 Å². The molecule has 36 heavy (non-hydrogen) atoms. The molecule has 7 nitrogen and oxygen atoms in total. The van der Waals surface area contributed by atoms with E-state index in [-0.39, 0.29) is 12.5 Å². The minimum atomic E-state index is -0.127. The molecule has 0 fully saturated rings. The van der Waals surface area contributed by atoms with E-state index in [4.69, 9.17) is 26.1 Å². The van der Waals surface area contributed by atoms with Crippen LogP contribution in [0.2, 0.25) is 5.02 Å². The van der Waals surface area contributed by atoms with Crippen LogP contribution in [0.3, 0.4) is 0 Å². The van der Waals surface area contributed by atoms with Gasteiger partial charge in [-0.05, 0) is 48.5 Å². The van der Waals surface area contributed by atoms with E-state index in [1.54, 1.807) is 32.4 Å². The number of carbonyl (C=O) groups is 1. The van der Waals surface area contributed by atoms with Gasteiger partial charge in [0.25, 0.3) is 0 Å². The molecule has 1 aromatic heterocycles. The molecule has 8 heteroatoms. The van der Waals surface area contributed by atoms with Crippen molar-refractivity contribution in [3.05, 3.63) is 83.0 Å². The molecule has 0 spiro atoms. The summed E-state index contributed by atoms with van der Waals surface area (Å²) in [7, 11) is 3.22. The number of amides is 1. The number of halogens is 1. The number of hydrogen-bond acceptors (Lipinski definition) is 6. The molecular formula is C28H27ClN4O3. The van der Waals surface area contributed by atoms with Gasteiger partial charge < -0.3 is 20.1 Å². The van der Waals surface area contributed by atoms with E-state index in [9.17, 15) is 4.79 Å². The van der Waals surface area contributed by atoms with E-state index in [1.807, 2.05) is 42.5 Å². The van der Waals surface area contributed by atoms with Gasteiger partial charge in [0.2, 0.25) is 5.91 Å². The summed E-state index contributed by atoms with van der Waals surface area (Å²) in [5, 5.41) is 8.12. The van der Waals surface area contributed by atoms with Crippen LogP contribution in [0.15, 0.2) is 66.7 Å². The van der Waals surface area contributed by atoms with Crippen LogP contribution in [-0.4, -0.2) is 43.1 Å². The Labute approximate surface area is 215 Å². The number of aromatic nitrogens is 1. The van der Waals surface area contributed by atoms with Crippen molar-refractivity contribution >= 4 is 45.5 Å². The number of anilines is 3. The molecule has 4 aromatic rings. The van der Waals surface area contributed by atoms with Gasteiger partial charge in [-0.1, -0.05) is 29.8 Å². The van der Waals surface area contributed by atoms with Crippen molar-refractivity contribution in [2.45, 2.75) is 13.0 Å². The number of methoxy groups -OCH3 is 2. The molecule has 1 aliphatic rings. The predicted octanol–water partition coefficient (Wildman–Crippen LogP) is 5.65. The Bertz CT molecular complexity index is 1410. The predicted molar refractivity (Wildman–Crippen MR) is 144 cm³/mol. The second-order valence-electron chi connectivity index (χ2n) is 8.64. The van der Waals surface area contributed by atoms with E-state index in [0.29, 0.717) is 23.0 Å². The van der Waals surface area contributed by atoms with Gasteiger partial charge in [-0.15, -0.1) is 0 Å². The fourth-order valence-electron chi connectivity index (χ4n) is 4.51. The van der Waals surface area contributed by atoms with Gasteiger partial charge in [0.05, 0.1) is 37.7 Å². The highest BCUT2D eigenvalue weighted by atomic mass is 35.5. The van der Waals surface area contributed by atoms with Gasteiger partial charge >= 0.3 is 0 Å². The SMILES string of the molecule is COc1ccc(Nc2c3c(nc4ccccc24)CCN(CC(=O)Nc2cc(Cl)ccc2OC)C3)cc1. The van der Waals surface area contributed by atoms with Gasteiger partial charge in [-0.2, -0.15) is 0 Å². The van der Waals surface area contributed by atoms with Crippen LogP contribution in [0.4, 0.5) is 17.1 Å². The zero-order chi connectivity index (χ0) is 25.1. The first kappa shape index (κ1) is 23.9. The standard InChI is InChI=1S/C28H27ClN4O3/c1-35-20-10-8-19(9-11-20)30-28-21-5-3-4-6-23(21)31-24-13-14-33(16-22(24)28)17-27(34)32-25-15-18(29)7-12-26(25)36-2/h3-12,15H,13-14,16-17H2,1-2H3,(H,30,31)(H,32,34). The van der Waals surface area contributed by atoms with Gasteiger partial charge in [-0.3, -0.25) is 14.7 Å². The number of para-hydroxylation sites is 1. The highest BCUT2D eigenvalue weighted by Crippen LogP contribution is 2.35. The summed E-state index contributed by atoms with van der Waals surface area (Å²) in [6, 6.07) is 21.1. The number of nitrogens with one attached hydrogen (secondary N) is 2. The molecule has 3 aromatic carbocycles. The lowest BCUT2D eigenvalue weighted by molar-refractivity contribution is -0.117. The van der Waals surface area contributed by atoms with Crippen LogP contribution in [0.25, 0.3) is 10.9 Å². The first-order valence-corrected chi connectivity index (χ1v) is 12.1. The van der Waals surface area contributed by atoms with E-state index in [1.165, 1.54) is 0 Å². The molecule has 0 saturated carbocycles. The fraction of sp³-hybridized carbons (Fsp3) is 0.214. The Hall–Kier alpha value is -3.81. The van der Waals surface area contributed by atoms with Crippen molar-refractivity contribution in [1.29, 1.82) is 0 Å². The summed E-state index contributed by atoms with van der Waals surface area (Å²) < 4.78 is 10.7. The average molecular weight is 503 g/mol. The minimum absolute atomic E-state index is 0.127. The Morgan fingerprint density at radius 2 is 1.86 bits per heavy atom. The topological polar surface area (TPSA) is 75.7 Å². The minimum Gasteiger partial charge on any atom is -0.497 e. The summed E-state index contributed by atoms with van der Waals surface area (Å²) in [6.45, 7) is 1.58. The maximum absolute atomic E-state index is 12.9. The van der Waals surface area contributed by atoms with Crippen LogP contribution in [0.5, 0.6) is 11.5 Å². The van der Waals surface area contributed by atoms with Crippen molar-refractivity contribution in [3.8, 4) is 11.5 Å². The van der Waals surface area contributed by atoms with Gasteiger partial charge in [0.1, 0.15) is 11.5 Å². The van der Waals surface area contributed by atoms with E-state index >= 15 is 0 Å². The summed E-state index contributed by atoms with van der Waals surface area (Å²) in [5.41, 5.74) is 5.63. The lowest BCUT2D eigenvalue weighted by Crippen LogP contribution is -2.37. The first-order valence-electron chi connectivity index (χ1n) is 11.7. The lowest BCUT2D eigenvalue weighted by atomic mass is 9.99. The molecule has 0 radical (unpaired) electrons. The lowest BCUT2D eigenvalue weighted by Gasteiger charge is -2.30. The monoisotopic (exact) mass is 502 g/mol. The third-order valence-electron chi connectivity index (χ3n) is 6.29. The number of benzene rings is 3. The summed E-state index contributed by atoms with van der Waals surface area (Å²) in [4.78, 5) is 20.0. The zero-order valence-corrected chi connectivity index (χ0v) is 20.9. The summed E-state index contributed by atoms with van der Waals surface area (Å²) in [6.07, 6.45) is 0.755. The second-order valence-corrected chi connectivity index (χ2v) is 9.07. The Balaban J connectivity index is 1.40. The molecule has 0 atom stereocenters. The number of hydrogen-bond donors (Lipinski definition) is 2. The molecule has 1 amide bonds. The van der Waals surface area contributed by atoms with Crippen LogP contribution in [-0.2, 0) is 17.8 Å². The fourth-order valence-corrected chi connectivity index (χ4v) is 4.69. The molecule has 0 saturated heterocycles. The van der Waals surface area contributed by atoms with Crippen molar-refractivity contribution in [3.63, 3.8) is 0 Å².